The minimum Gasteiger partial charge on any atom is -0.368 e. The van der Waals surface area contributed by atoms with Gasteiger partial charge >= 0.3 is 0 Å². The highest BCUT2D eigenvalue weighted by atomic mass is 35.5. The van der Waals surface area contributed by atoms with Crippen molar-refractivity contribution in [2.45, 2.75) is 17.4 Å². The van der Waals surface area contributed by atoms with Gasteiger partial charge in [0.25, 0.3) is 0 Å². The molecule has 1 heterocycles. The van der Waals surface area contributed by atoms with Gasteiger partial charge in [-0.15, -0.1) is 0 Å². The Kier molecular flexibility index (Phi) is 7.33. The molecule has 172 valence electrons. The van der Waals surface area contributed by atoms with Crippen molar-refractivity contribution in [2.75, 3.05) is 31.1 Å². The molecule has 1 aliphatic heterocycles. The van der Waals surface area contributed by atoms with Crippen LogP contribution in [0, 0.1) is 0 Å². The molecule has 0 aromatic heterocycles. The number of benzene rings is 3. The molecule has 0 spiro atoms. The predicted octanol–water partition coefficient (Wildman–Crippen LogP) is 3.58. The molecule has 1 aliphatic rings. The highest BCUT2D eigenvalue weighted by Gasteiger charge is 2.31. The van der Waals surface area contributed by atoms with E-state index in [1.54, 1.807) is 4.90 Å². The van der Waals surface area contributed by atoms with Gasteiger partial charge in [0.2, 0.25) is 15.9 Å². The second-order valence-corrected chi connectivity index (χ2v) is 10.1. The fourth-order valence-electron chi connectivity index (χ4n) is 3.94. The number of hydrogen-bond donors (Lipinski definition) is 1. The number of rotatable bonds is 7. The van der Waals surface area contributed by atoms with Crippen LogP contribution in [0.4, 0.5) is 5.69 Å². The van der Waals surface area contributed by atoms with Crippen molar-refractivity contribution in [1.82, 2.24) is 9.62 Å². The second-order valence-electron chi connectivity index (χ2n) is 7.97. The topological polar surface area (TPSA) is 69.7 Å². The van der Waals surface area contributed by atoms with Gasteiger partial charge in [0, 0.05) is 36.9 Å². The minimum atomic E-state index is -3.90. The van der Waals surface area contributed by atoms with Gasteiger partial charge in [0.1, 0.15) is 6.04 Å². The molecule has 4 rings (SSSR count). The van der Waals surface area contributed by atoms with Crippen LogP contribution in [-0.4, -0.2) is 51.4 Å². The van der Waals surface area contributed by atoms with Crippen LogP contribution in [0.15, 0.2) is 89.8 Å². The van der Waals surface area contributed by atoms with E-state index in [0.717, 1.165) is 11.3 Å². The van der Waals surface area contributed by atoms with Gasteiger partial charge in [0.15, 0.2) is 0 Å². The smallest absolute Gasteiger partial charge is 0.241 e. The summed E-state index contributed by atoms with van der Waals surface area (Å²) in [6, 6.07) is 24.5. The number of amides is 1. The lowest BCUT2D eigenvalue weighted by molar-refractivity contribution is -0.133. The SMILES string of the molecule is O=C([C@H](Cc1ccccc1)NS(=O)(=O)c1ccc(Cl)cc1)N1CCN(c2ccccc2)CC1. The van der Waals surface area contributed by atoms with E-state index in [0.29, 0.717) is 31.2 Å². The molecule has 33 heavy (non-hydrogen) atoms. The molecule has 0 saturated carbocycles. The van der Waals surface area contributed by atoms with Crippen molar-refractivity contribution >= 4 is 33.2 Å². The van der Waals surface area contributed by atoms with Gasteiger partial charge in [0.05, 0.1) is 4.90 Å². The number of nitrogens with one attached hydrogen (secondary N) is 1. The Morgan fingerprint density at radius 2 is 1.42 bits per heavy atom. The van der Waals surface area contributed by atoms with Crippen molar-refractivity contribution in [3.05, 3.63) is 95.5 Å². The predicted molar refractivity (Wildman–Crippen MR) is 131 cm³/mol. The van der Waals surface area contributed by atoms with E-state index in [1.165, 1.54) is 24.3 Å². The molecule has 0 unspecified atom stereocenters. The Bertz CT molecular complexity index is 1160. The van der Waals surface area contributed by atoms with E-state index >= 15 is 0 Å². The maximum absolute atomic E-state index is 13.5. The van der Waals surface area contributed by atoms with Crippen LogP contribution in [-0.2, 0) is 21.2 Å². The summed E-state index contributed by atoms with van der Waals surface area (Å²) in [6.07, 6.45) is 0.269. The molecule has 0 aliphatic carbocycles. The van der Waals surface area contributed by atoms with Crippen LogP contribution in [0.3, 0.4) is 0 Å². The van der Waals surface area contributed by atoms with Gasteiger partial charge in [-0.05, 0) is 48.4 Å². The molecule has 1 atom stereocenters. The van der Waals surface area contributed by atoms with Crippen LogP contribution < -0.4 is 9.62 Å². The first-order valence-electron chi connectivity index (χ1n) is 10.8. The van der Waals surface area contributed by atoms with E-state index in [2.05, 4.69) is 21.8 Å². The number of nitrogens with zero attached hydrogens (tertiary/aromatic N) is 2. The normalized spacial score (nSPS) is 15.3. The summed E-state index contributed by atoms with van der Waals surface area (Å²) in [7, 11) is -3.90. The number of hydrogen-bond acceptors (Lipinski definition) is 4. The second kappa shape index (κ2) is 10.4. The summed E-state index contributed by atoms with van der Waals surface area (Å²) in [6.45, 7) is 2.44. The first-order chi connectivity index (χ1) is 15.9. The first-order valence-corrected chi connectivity index (χ1v) is 12.7. The summed E-state index contributed by atoms with van der Waals surface area (Å²) in [4.78, 5) is 17.5. The fourth-order valence-corrected chi connectivity index (χ4v) is 5.26. The average molecular weight is 484 g/mol. The molecule has 0 bridgehead atoms. The van der Waals surface area contributed by atoms with E-state index in [4.69, 9.17) is 11.6 Å². The lowest BCUT2D eigenvalue weighted by Gasteiger charge is -2.37. The van der Waals surface area contributed by atoms with E-state index < -0.39 is 16.1 Å². The number of piperazine rings is 1. The molecule has 1 N–H and O–H groups in total. The lowest BCUT2D eigenvalue weighted by Crippen LogP contribution is -2.55. The van der Waals surface area contributed by atoms with Gasteiger partial charge in [-0.3, -0.25) is 4.79 Å². The Labute approximate surface area is 199 Å². The Morgan fingerprint density at radius 3 is 2.03 bits per heavy atom. The maximum atomic E-state index is 13.5. The largest absolute Gasteiger partial charge is 0.368 e. The van der Waals surface area contributed by atoms with Gasteiger partial charge in [-0.1, -0.05) is 60.1 Å². The van der Waals surface area contributed by atoms with Crippen molar-refractivity contribution in [2.24, 2.45) is 0 Å². The Balaban J connectivity index is 1.50. The maximum Gasteiger partial charge on any atom is 0.241 e. The summed E-state index contributed by atoms with van der Waals surface area (Å²) >= 11 is 5.90. The number of anilines is 1. The standard InChI is InChI=1S/C25H26ClN3O3S/c26-21-11-13-23(14-12-21)33(31,32)27-24(19-20-7-3-1-4-8-20)25(30)29-17-15-28(16-18-29)22-9-5-2-6-10-22/h1-14,24,27H,15-19H2/t24-/m0/s1. The third kappa shape index (κ3) is 5.93. The molecule has 3 aromatic carbocycles. The molecule has 3 aromatic rings. The zero-order valence-corrected chi connectivity index (χ0v) is 19.7. The van der Waals surface area contributed by atoms with Crippen LogP contribution in [0.2, 0.25) is 5.02 Å². The van der Waals surface area contributed by atoms with Gasteiger partial charge in [-0.25, -0.2) is 8.42 Å². The zero-order valence-electron chi connectivity index (χ0n) is 18.1. The summed E-state index contributed by atoms with van der Waals surface area (Å²) in [5, 5.41) is 0.446. The number of halogens is 1. The number of sulfonamides is 1. The van der Waals surface area contributed by atoms with Crippen LogP contribution in [0.5, 0.6) is 0 Å². The monoisotopic (exact) mass is 483 g/mol. The fraction of sp³-hybridized carbons (Fsp3) is 0.240. The van der Waals surface area contributed by atoms with Crippen LogP contribution >= 0.6 is 11.6 Å². The molecular weight excluding hydrogens is 458 g/mol. The van der Waals surface area contributed by atoms with Crippen molar-refractivity contribution in [3.63, 3.8) is 0 Å². The number of carbonyl (C=O) groups is 1. The summed E-state index contributed by atoms with van der Waals surface area (Å²) in [5.74, 6) is -0.218. The van der Waals surface area contributed by atoms with Gasteiger partial charge in [-0.2, -0.15) is 4.72 Å². The third-order valence-corrected chi connectivity index (χ3v) is 7.45. The molecule has 8 heteroatoms. The van der Waals surface area contributed by atoms with E-state index in [1.807, 2.05) is 48.5 Å². The highest BCUT2D eigenvalue weighted by Crippen LogP contribution is 2.18. The molecular formula is C25H26ClN3O3S. The minimum absolute atomic E-state index is 0.0756. The average Bonchev–Trinajstić information content (AvgIpc) is 2.85. The van der Waals surface area contributed by atoms with E-state index in [-0.39, 0.29) is 17.2 Å². The molecule has 6 nitrogen and oxygen atoms in total. The van der Waals surface area contributed by atoms with Crippen LogP contribution in [0.25, 0.3) is 0 Å². The summed E-state index contributed by atoms with van der Waals surface area (Å²) < 4.78 is 28.7. The molecule has 1 fully saturated rings. The Hall–Kier alpha value is -2.87. The van der Waals surface area contributed by atoms with Crippen LogP contribution in [0.1, 0.15) is 5.56 Å². The molecule has 1 saturated heterocycles. The molecule has 1 amide bonds. The zero-order chi connectivity index (χ0) is 23.3. The lowest BCUT2D eigenvalue weighted by atomic mass is 10.1. The molecule has 0 radical (unpaired) electrons. The van der Waals surface area contributed by atoms with Crippen molar-refractivity contribution in [1.29, 1.82) is 0 Å². The third-order valence-electron chi connectivity index (χ3n) is 5.71. The quantitative estimate of drug-likeness (QED) is 0.557. The van der Waals surface area contributed by atoms with Gasteiger partial charge < -0.3 is 9.80 Å². The van der Waals surface area contributed by atoms with Crippen molar-refractivity contribution < 1.29 is 13.2 Å². The summed E-state index contributed by atoms with van der Waals surface area (Å²) in [5.41, 5.74) is 2.01. The first kappa shape index (κ1) is 23.3. The number of para-hydroxylation sites is 1. The Morgan fingerprint density at radius 1 is 0.848 bits per heavy atom. The number of carbonyl (C=O) groups excluding carboxylic acids is 1. The highest BCUT2D eigenvalue weighted by molar-refractivity contribution is 7.89. The van der Waals surface area contributed by atoms with E-state index in [9.17, 15) is 13.2 Å². The van der Waals surface area contributed by atoms with Crippen molar-refractivity contribution in [3.8, 4) is 0 Å².